The monoisotopic (exact) mass is 328 g/mol. The van der Waals surface area contributed by atoms with Crippen LogP contribution in [0, 0.1) is 0 Å². The lowest BCUT2D eigenvalue weighted by Crippen LogP contribution is -2.42. The molecule has 0 saturated heterocycles. The van der Waals surface area contributed by atoms with Crippen LogP contribution in [0.2, 0.25) is 0 Å². The van der Waals surface area contributed by atoms with Crippen molar-refractivity contribution in [1.82, 2.24) is 9.80 Å². The average Bonchev–Trinajstić information content (AvgIpc) is 2.56. The zero-order chi connectivity index (χ0) is 17.7. The minimum absolute atomic E-state index is 0.0547. The minimum atomic E-state index is 0.0547. The summed E-state index contributed by atoms with van der Waals surface area (Å²) in [6.07, 6.45) is 7.58. The van der Waals surface area contributed by atoms with Gasteiger partial charge in [-0.1, -0.05) is 0 Å². The normalized spacial score (nSPS) is 10.3. The number of hydrogen-bond donors (Lipinski definition) is 0. The van der Waals surface area contributed by atoms with Crippen LogP contribution in [0.15, 0.2) is 49.1 Å². The molecule has 0 saturated carbocycles. The molecule has 0 bridgehead atoms. The topological polar surface area (TPSA) is 48.4 Å². The third-order valence-corrected chi connectivity index (χ3v) is 3.75. The highest BCUT2D eigenvalue weighted by atomic mass is 16.2. The van der Waals surface area contributed by atoms with E-state index in [1.54, 1.807) is 38.0 Å². The number of likely N-dealkylation sites (N-methyl/N-ethyl adjacent to an activating group) is 2. The van der Waals surface area contributed by atoms with Crippen molar-refractivity contribution in [3.63, 3.8) is 0 Å². The molecule has 0 aliphatic rings. The molecule has 2 heterocycles. The molecule has 0 aliphatic carbocycles. The predicted octanol–water partition coefficient (Wildman–Crippen LogP) is 0.105. The third-order valence-electron chi connectivity index (χ3n) is 3.75. The Morgan fingerprint density at radius 1 is 0.708 bits per heavy atom. The smallest absolute Gasteiger partial charge is 0.288 e. The standard InChI is InChI=1S/C18H24N4O2/c1-19(2)17(23)13-21-9-5-15(6-10-21)16-7-11-22(12-8-16)14-18(24)20(3)4/h5-12H,13-14H2,1-4H3/q+2. The number of pyridine rings is 2. The number of hydrogen-bond acceptors (Lipinski definition) is 2. The highest BCUT2D eigenvalue weighted by molar-refractivity contribution is 5.74. The van der Waals surface area contributed by atoms with Crippen molar-refractivity contribution in [1.29, 1.82) is 0 Å². The van der Waals surface area contributed by atoms with Crippen molar-refractivity contribution in [2.24, 2.45) is 0 Å². The number of nitrogens with zero attached hydrogens (tertiary/aromatic N) is 4. The van der Waals surface area contributed by atoms with Crippen LogP contribution >= 0.6 is 0 Å². The van der Waals surface area contributed by atoms with Crippen LogP contribution in [0.4, 0.5) is 0 Å². The van der Waals surface area contributed by atoms with E-state index in [-0.39, 0.29) is 11.8 Å². The quantitative estimate of drug-likeness (QED) is 0.731. The van der Waals surface area contributed by atoms with Gasteiger partial charge in [0.25, 0.3) is 11.8 Å². The van der Waals surface area contributed by atoms with Gasteiger partial charge in [0.1, 0.15) is 0 Å². The molecule has 0 aliphatic heterocycles. The van der Waals surface area contributed by atoms with E-state index in [4.69, 9.17) is 0 Å². The van der Waals surface area contributed by atoms with Gasteiger partial charge in [0.2, 0.25) is 13.1 Å². The van der Waals surface area contributed by atoms with Gasteiger partial charge in [-0.05, 0) is 11.1 Å². The summed E-state index contributed by atoms with van der Waals surface area (Å²) in [6, 6.07) is 7.92. The zero-order valence-corrected chi connectivity index (χ0v) is 14.6. The first-order chi connectivity index (χ1) is 11.4. The summed E-state index contributed by atoms with van der Waals surface area (Å²) in [6.45, 7) is 0.656. The summed E-state index contributed by atoms with van der Waals surface area (Å²) < 4.78 is 3.70. The molecular formula is C18H24N4O2+2. The van der Waals surface area contributed by atoms with Gasteiger partial charge in [0, 0.05) is 52.5 Å². The van der Waals surface area contributed by atoms with Gasteiger partial charge in [-0.2, -0.15) is 9.13 Å². The van der Waals surface area contributed by atoms with E-state index in [0.717, 1.165) is 11.1 Å². The first kappa shape index (κ1) is 17.6. The Balaban J connectivity index is 2.06. The average molecular weight is 328 g/mol. The van der Waals surface area contributed by atoms with Gasteiger partial charge in [-0.15, -0.1) is 0 Å². The number of carbonyl (C=O) groups is 2. The van der Waals surface area contributed by atoms with Crippen LogP contribution in [0.5, 0.6) is 0 Å². The van der Waals surface area contributed by atoms with E-state index in [2.05, 4.69) is 0 Å². The fourth-order valence-corrected chi connectivity index (χ4v) is 2.11. The molecule has 2 amide bonds. The molecule has 6 nitrogen and oxygen atoms in total. The van der Waals surface area contributed by atoms with E-state index >= 15 is 0 Å². The first-order valence-corrected chi connectivity index (χ1v) is 7.75. The maximum absolute atomic E-state index is 11.7. The van der Waals surface area contributed by atoms with Crippen molar-refractivity contribution in [2.75, 3.05) is 28.2 Å². The Labute approximate surface area is 142 Å². The first-order valence-electron chi connectivity index (χ1n) is 7.75. The predicted molar refractivity (Wildman–Crippen MR) is 89.7 cm³/mol. The zero-order valence-electron chi connectivity index (χ0n) is 14.6. The fourth-order valence-electron chi connectivity index (χ4n) is 2.11. The van der Waals surface area contributed by atoms with Crippen molar-refractivity contribution < 1.29 is 18.7 Å². The molecule has 2 aromatic rings. The lowest BCUT2D eigenvalue weighted by atomic mass is 10.1. The molecule has 0 spiro atoms. The number of aromatic nitrogens is 2. The molecule has 0 fully saturated rings. The molecule has 24 heavy (non-hydrogen) atoms. The molecule has 126 valence electrons. The third kappa shape index (κ3) is 4.62. The second-order valence-electron chi connectivity index (χ2n) is 6.09. The second-order valence-corrected chi connectivity index (χ2v) is 6.09. The van der Waals surface area contributed by atoms with Crippen LogP contribution in [0.3, 0.4) is 0 Å². The van der Waals surface area contributed by atoms with E-state index in [9.17, 15) is 9.59 Å². The van der Waals surface area contributed by atoms with Crippen LogP contribution in [0.25, 0.3) is 11.1 Å². The molecule has 2 aromatic heterocycles. The molecule has 0 unspecified atom stereocenters. The maximum Gasteiger partial charge on any atom is 0.288 e. The van der Waals surface area contributed by atoms with Crippen LogP contribution in [0.1, 0.15) is 0 Å². The summed E-state index contributed by atoms with van der Waals surface area (Å²) in [5, 5.41) is 0. The van der Waals surface area contributed by atoms with E-state index in [1.807, 2.05) is 58.2 Å². The van der Waals surface area contributed by atoms with Crippen molar-refractivity contribution >= 4 is 11.8 Å². The van der Waals surface area contributed by atoms with Gasteiger partial charge >= 0.3 is 0 Å². The number of amides is 2. The summed E-state index contributed by atoms with van der Waals surface area (Å²) >= 11 is 0. The SMILES string of the molecule is CN(C)C(=O)C[n+]1ccc(-c2cc[n+](CC(=O)N(C)C)cc2)cc1. The van der Waals surface area contributed by atoms with Crippen molar-refractivity contribution in [3.05, 3.63) is 49.1 Å². The van der Waals surface area contributed by atoms with Crippen LogP contribution in [-0.2, 0) is 22.7 Å². The Morgan fingerprint density at radius 3 is 1.25 bits per heavy atom. The van der Waals surface area contributed by atoms with Crippen LogP contribution in [-0.4, -0.2) is 49.8 Å². The molecule has 0 radical (unpaired) electrons. The highest BCUT2D eigenvalue weighted by Crippen LogP contribution is 2.15. The van der Waals surface area contributed by atoms with Gasteiger partial charge in [0.15, 0.2) is 24.8 Å². The lowest BCUT2D eigenvalue weighted by Gasteiger charge is -2.07. The highest BCUT2D eigenvalue weighted by Gasteiger charge is 2.13. The summed E-state index contributed by atoms with van der Waals surface area (Å²) in [4.78, 5) is 26.6. The minimum Gasteiger partial charge on any atom is -0.343 e. The van der Waals surface area contributed by atoms with Crippen LogP contribution < -0.4 is 9.13 Å². The summed E-state index contributed by atoms with van der Waals surface area (Å²) in [5.74, 6) is 0.109. The van der Waals surface area contributed by atoms with E-state index in [1.165, 1.54) is 0 Å². The Hall–Kier alpha value is -2.76. The molecule has 0 atom stereocenters. The van der Waals surface area contributed by atoms with Crippen molar-refractivity contribution in [3.8, 4) is 11.1 Å². The molecule has 2 rings (SSSR count). The van der Waals surface area contributed by atoms with E-state index < -0.39 is 0 Å². The Morgan fingerprint density at radius 2 is 1.00 bits per heavy atom. The molecular weight excluding hydrogens is 304 g/mol. The van der Waals surface area contributed by atoms with Gasteiger partial charge in [0.05, 0.1) is 0 Å². The van der Waals surface area contributed by atoms with E-state index in [0.29, 0.717) is 13.1 Å². The molecule has 0 N–H and O–H groups in total. The largest absolute Gasteiger partial charge is 0.343 e. The molecule has 0 aromatic carbocycles. The number of carbonyl (C=O) groups excluding carboxylic acids is 2. The van der Waals surface area contributed by atoms with Gasteiger partial charge in [-0.25, -0.2) is 0 Å². The maximum atomic E-state index is 11.7. The van der Waals surface area contributed by atoms with Crippen molar-refractivity contribution in [2.45, 2.75) is 13.1 Å². The fraction of sp³-hybridized carbons (Fsp3) is 0.333. The van der Waals surface area contributed by atoms with Gasteiger partial charge < -0.3 is 9.80 Å². The van der Waals surface area contributed by atoms with Gasteiger partial charge in [-0.3, -0.25) is 9.59 Å². The summed E-state index contributed by atoms with van der Waals surface area (Å²) in [5.41, 5.74) is 2.13. The second kappa shape index (κ2) is 7.68. The lowest BCUT2D eigenvalue weighted by molar-refractivity contribution is -0.685. The number of rotatable bonds is 5. The molecule has 6 heteroatoms. The Kier molecular flexibility index (Phi) is 5.63. The summed E-state index contributed by atoms with van der Waals surface area (Å²) in [7, 11) is 6.99. The Bertz CT molecular complexity index is 643.